The van der Waals surface area contributed by atoms with Crippen LogP contribution in [-0.4, -0.2) is 29.4 Å². The zero-order valence-corrected chi connectivity index (χ0v) is 8.41. The molecule has 1 aliphatic heterocycles. The molecular formula is C10H12ClNO2. The van der Waals surface area contributed by atoms with Gasteiger partial charge in [-0.25, -0.2) is 0 Å². The van der Waals surface area contributed by atoms with Crippen LogP contribution in [0, 0.1) is 0 Å². The highest BCUT2D eigenvalue weighted by atomic mass is 35.5. The van der Waals surface area contributed by atoms with Gasteiger partial charge in [0.15, 0.2) is 0 Å². The molecule has 2 rings (SSSR count). The molecule has 0 radical (unpaired) electrons. The lowest BCUT2D eigenvalue weighted by Gasteiger charge is -2.17. The van der Waals surface area contributed by atoms with Crippen LogP contribution in [0.1, 0.15) is 6.42 Å². The van der Waals surface area contributed by atoms with Crippen LogP contribution in [-0.2, 0) is 0 Å². The van der Waals surface area contributed by atoms with Crippen molar-refractivity contribution in [2.45, 2.75) is 12.5 Å². The standard InChI is InChI=1S/C10H12ClNO2/c11-9-2-1-7(5-10(9)14)12-4-3-8(13)6-12/h1-2,5,8,13-14H,3-4,6H2. The number of hydrogen-bond donors (Lipinski definition) is 2. The van der Waals surface area contributed by atoms with Crippen molar-refractivity contribution in [1.29, 1.82) is 0 Å². The third-order valence-electron chi connectivity index (χ3n) is 2.46. The van der Waals surface area contributed by atoms with Gasteiger partial charge < -0.3 is 15.1 Å². The third-order valence-corrected chi connectivity index (χ3v) is 2.78. The van der Waals surface area contributed by atoms with Crippen molar-refractivity contribution in [2.75, 3.05) is 18.0 Å². The minimum absolute atomic E-state index is 0.0885. The Hall–Kier alpha value is -0.930. The van der Waals surface area contributed by atoms with Crippen LogP contribution in [0.4, 0.5) is 5.69 Å². The predicted molar refractivity (Wildman–Crippen MR) is 56.0 cm³/mol. The quantitative estimate of drug-likeness (QED) is 0.745. The number of hydrogen-bond acceptors (Lipinski definition) is 3. The first-order valence-corrected chi connectivity index (χ1v) is 4.96. The second-order valence-electron chi connectivity index (χ2n) is 3.52. The summed E-state index contributed by atoms with van der Waals surface area (Å²) in [6, 6.07) is 5.14. The Balaban J connectivity index is 2.20. The number of aromatic hydroxyl groups is 1. The van der Waals surface area contributed by atoms with Crippen LogP contribution in [0.15, 0.2) is 18.2 Å². The molecule has 1 heterocycles. The van der Waals surface area contributed by atoms with Crippen molar-refractivity contribution in [2.24, 2.45) is 0 Å². The Labute approximate surface area is 87.5 Å². The summed E-state index contributed by atoms with van der Waals surface area (Å²) in [6.45, 7) is 1.45. The number of aliphatic hydroxyl groups is 1. The molecule has 76 valence electrons. The van der Waals surface area contributed by atoms with Crippen LogP contribution in [0.2, 0.25) is 5.02 Å². The summed E-state index contributed by atoms with van der Waals surface area (Å²) in [5, 5.41) is 19.1. The van der Waals surface area contributed by atoms with Gasteiger partial charge in [-0.2, -0.15) is 0 Å². The van der Waals surface area contributed by atoms with Gasteiger partial charge in [-0.15, -0.1) is 0 Å². The smallest absolute Gasteiger partial charge is 0.136 e. The van der Waals surface area contributed by atoms with Crippen LogP contribution in [0.3, 0.4) is 0 Å². The number of aliphatic hydroxyl groups excluding tert-OH is 1. The molecule has 1 aromatic carbocycles. The van der Waals surface area contributed by atoms with E-state index in [1.165, 1.54) is 0 Å². The van der Waals surface area contributed by atoms with E-state index in [4.69, 9.17) is 11.6 Å². The van der Waals surface area contributed by atoms with E-state index in [0.717, 1.165) is 18.7 Å². The summed E-state index contributed by atoms with van der Waals surface area (Å²) < 4.78 is 0. The molecule has 0 aliphatic carbocycles. The molecule has 0 saturated carbocycles. The summed E-state index contributed by atoms with van der Waals surface area (Å²) in [4.78, 5) is 2.03. The van der Waals surface area contributed by atoms with Crippen LogP contribution in [0.5, 0.6) is 5.75 Å². The van der Waals surface area contributed by atoms with Crippen molar-refractivity contribution in [3.05, 3.63) is 23.2 Å². The first-order valence-electron chi connectivity index (χ1n) is 4.58. The largest absolute Gasteiger partial charge is 0.506 e. The number of anilines is 1. The van der Waals surface area contributed by atoms with Gasteiger partial charge in [-0.05, 0) is 18.6 Å². The van der Waals surface area contributed by atoms with E-state index < -0.39 is 0 Å². The Bertz CT molecular complexity index is 343. The number of phenolic OH excluding ortho intramolecular Hbond substituents is 1. The highest BCUT2D eigenvalue weighted by Crippen LogP contribution is 2.29. The van der Waals surface area contributed by atoms with E-state index in [0.29, 0.717) is 11.6 Å². The maximum atomic E-state index is 9.41. The normalized spacial score (nSPS) is 21.6. The zero-order valence-electron chi connectivity index (χ0n) is 7.65. The van der Waals surface area contributed by atoms with Gasteiger partial charge >= 0.3 is 0 Å². The van der Waals surface area contributed by atoms with Crippen molar-refractivity contribution in [3.8, 4) is 5.75 Å². The van der Waals surface area contributed by atoms with Crippen molar-refractivity contribution >= 4 is 17.3 Å². The molecule has 1 fully saturated rings. The molecule has 1 aliphatic rings. The Kier molecular flexibility index (Phi) is 2.52. The van der Waals surface area contributed by atoms with E-state index in [-0.39, 0.29) is 11.9 Å². The number of phenols is 1. The van der Waals surface area contributed by atoms with Crippen molar-refractivity contribution in [1.82, 2.24) is 0 Å². The SMILES string of the molecule is Oc1cc(N2CCC(O)C2)ccc1Cl. The van der Waals surface area contributed by atoms with Gasteiger partial charge in [0.05, 0.1) is 11.1 Å². The lowest BCUT2D eigenvalue weighted by molar-refractivity contribution is 0.198. The lowest BCUT2D eigenvalue weighted by atomic mass is 10.3. The first kappa shape index (κ1) is 9.62. The van der Waals surface area contributed by atoms with Gasteiger partial charge in [-0.1, -0.05) is 11.6 Å². The summed E-state index contributed by atoms with van der Waals surface area (Å²) in [5.41, 5.74) is 0.906. The number of halogens is 1. The molecular weight excluding hydrogens is 202 g/mol. The molecule has 1 atom stereocenters. The van der Waals surface area contributed by atoms with E-state index in [9.17, 15) is 10.2 Å². The lowest BCUT2D eigenvalue weighted by Crippen LogP contribution is -2.20. The molecule has 1 aromatic rings. The fourth-order valence-electron chi connectivity index (χ4n) is 1.67. The van der Waals surface area contributed by atoms with E-state index in [1.54, 1.807) is 12.1 Å². The van der Waals surface area contributed by atoms with Crippen LogP contribution < -0.4 is 4.90 Å². The Morgan fingerprint density at radius 3 is 2.79 bits per heavy atom. The monoisotopic (exact) mass is 213 g/mol. The molecule has 0 spiro atoms. The van der Waals surface area contributed by atoms with E-state index in [2.05, 4.69) is 0 Å². The highest BCUT2D eigenvalue weighted by Gasteiger charge is 2.20. The van der Waals surface area contributed by atoms with Crippen LogP contribution in [0.25, 0.3) is 0 Å². The molecule has 3 nitrogen and oxygen atoms in total. The highest BCUT2D eigenvalue weighted by molar-refractivity contribution is 6.32. The van der Waals surface area contributed by atoms with Gasteiger partial charge in [-0.3, -0.25) is 0 Å². The van der Waals surface area contributed by atoms with Gasteiger partial charge in [0, 0.05) is 24.8 Å². The average molecular weight is 214 g/mol. The van der Waals surface area contributed by atoms with E-state index in [1.807, 2.05) is 11.0 Å². The zero-order chi connectivity index (χ0) is 10.1. The summed E-state index contributed by atoms with van der Waals surface area (Å²) >= 11 is 5.70. The van der Waals surface area contributed by atoms with Gasteiger partial charge in [0.2, 0.25) is 0 Å². The molecule has 2 N–H and O–H groups in total. The maximum absolute atomic E-state index is 9.41. The third kappa shape index (κ3) is 1.79. The number of nitrogens with zero attached hydrogens (tertiary/aromatic N) is 1. The molecule has 0 amide bonds. The summed E-state index contributed by atoms with van der Waals surface area (Å²) in [7, 11) is 0. The summed E-state index contributed by atoms with van der Waals surface area (Å²) in [6.07, 6.45) is 0.524. The fourth-order valence-corrected chi connectivity index (χ4v) is 1.79. The topological polar surface area (TPSA) is 43.7 Å². The number of β-amino-alcohol motifs (C(OH)–C–C–N with tert-alkyl or cyclic N) is 1. The second-order valence-corrected chi connectivity index (χ2v) is 3.93. The molecule has 1 unspecified atom stereocenters. The molecule has 4 heteroatoms. The molecule has 14 heavy (non-hydrogen) atoms. The molecule has 1 saturated heterocycles. The fraction of sp³-hybridized carbons (Fsp3) is 0.400. The van der Waals surface area contributed by atoms with Crippen LogP contribution >= 0.6 is 11.6 Å². The maximum Gasteiger partial charge on any atom is 0.136 e. The average Bonchev–Trinajstić information content (AvgIpc) is 2.57. The minimum atomic E-state index is -0.257. The number of benzene rings is 1. The summed E-state index contributed by atoms with van der Waals surface area (Å²) in [5.74, 6) is 0.0885. The van der Waals surface area contributed by atoms with Gasteiger partial charge in [0.1, 0.15) is 5.75 Å². The van der Waals surface area contributed by atoms with Crippen molar-refractivity contribution < 1.29 is 10.2 Å². The first-order chi connectivity index (χ1) is 6.66. The van der Waals surface area contributed by atoms with E-state index >= 15 is 0 Å². The Morgan fingerprint density at radius 2 is 2.21 bits per heavy atom. The number of rotatable bonds is 1. The molecule has 0 bridgehead atoms. The Morgan fingerprint density at radius 1 is 1.43 bits per heavy atom. The van der Waals surface area contributed by atoms with Gasteiger partial charge in [0.25, 0.3) is 0 Å². The molecule has 0 aromatic heterocycles. The predicted octanol–water partition coefficient (Wildman–Crippen LogP) is 1.62. The van der Waals surface area contributed by atoms with Crippen molar-refractivity contribution in [3.63, 3.8) is 0 Å². The second kappa shape index (κ2) is 3.67. The minimum Gasteiger partial charge on any atom is -0.506 e.